The molecule has 0 atom stereocenters. The van der Waals surface area contributed by atoms with Gasteiger partial charge >= 0.3 is 11.9 Å². The van der Waals surface area contributed by atoms with Crippen LogP contribution >= 0.6 is 11.3 Å². The monoisotopic (exact) mass is 486 g/mol. The van der Waals surface area contributed by atoms with Crippen LogP contribution in [0.1, 0.15) is 51.4 Å². The summed E-state index contributed by atoms with van der Waals surface area (Å²) >= 11 is 1.50. The lowest BCUT2D eigenvalue weighted by Crippen LogP contribution is -2.49. The molecule has 0 saturated carbocycles. The first-order valence-corrected chi connectivity index (χ1v) is 12.5. The summed E-state index contributed by atoms with van der Waals surface area (Å²) in [6.45, 7) is 7.31. The zero-order valence-electron chi connectivity index (χ0n) is 19.6. The number of amides is 1. The minimum Gasteiger partial charge on any atom is -0.462 e. The van der Waals surface area contributed by atoms with Gasteiger partial charge in [-0.05, 0) is 50.8 Å². The molecule has 182 valence electrons. The van der Waals surface area contributed by atoms with Gasteiger partial charge in [0.1, 0.15) is 10.8 Å². The Balaban J connectivity index is 1.31. The topological polar surface area (TPSA) is 101 Å². The first kappa shape index (κ1) is 24.2. The summed E-state index contributed by atoms with van der Waals surface area (Å²) in [7, 11) is 0. The number of aromatic nitrogens is 1. The van der Waals surface area contributed by atoms with Gasteiger partial charge in [0.15, 0.2) is 0 Å². The Hall–Kier alpha value is -2.98. The van der Waals surface area contributed by atoms with Gasteiger partial charge in [0.05, 0.1) is 30.9 Å². The summed E-state index contributed by atoms with van der Waals surface area (Å²) in [4.78, 5) is 46.9. The Labute approximate surface area is 203 Å². The molecule has 0 spiro atoms. The molecular formula is C24H30N4O5S. The van der Waals surface area contributed by atoms with E-state index in [1.807, 2.05) is 6.07 Å². The maximum atomic E-state index is 12.8. The van der Waals surface area contributed by atoms with Crippen LogP contribution in [0.3, 0.4) is 0 Å². The van der Waals surface area contributed by atoms with E-state index < -0.39 is 0 Å². The highest BCUT2D eigenvalue weighted by molar-refractivity contribution is 7.17. The smallest absolute Gasteiger partial charge is 0.341 e. The number of nitrogens with one attached hydrogen (secondary N) is 1. The van der Waals surface area contributed by atoms with Crippen molar-refractivity contribution >= 4 is 40.0 Å². The summed E-state index contributed by atoms with van der Waals surface area (Å²) in [5, 5.41) is 3.57. The molecule has 1 saturated heterocycles. The van der Waals surface area contributed by atoms with Gasteiger partial charge in [0.25, 0.3) is 0 Å². The first-order valence-electron chi connectivity index (χ1n) is 11.7. The fourth-order valence-electron chi connectivity index (χ4n) is 4.32. The van der Waals surface area contributed by atoms with Crippen molar-refractivity contribution in [3.8, 4) is 0 Å². The molecule has 1 aliphatic heterocycles. The van der Waals surface area contributed by atoms with E-state index in [1.54, 1.807) is 19.9 Å². The van der Waals surface area contributed by atoms with Crippen molar-refractivity contribution in [1.82, 2.24) is 9.88 Å². The third-order valence-corrected chi connectivity index (χ3v) is 7.18. The first-order chi connectivity index (χ1) is 16.5. The van der Waals surface area contributed by atoms with Crippen molar-refractivity contribution in [2.24, 2.45) is 0 Å². The summed E-state index contributed by atoms with van der Waals surface area (Å²) in [5.74, 6) is -0.0630. The summed E-state index contributed by atoms with van der Waals surface area (Å²) in [6.07, 6.45) is 4.37. The van der Waals surface area contributed by atoms with Gasteiger partial charge in [-0.3, -0.25) is 9.69 Å². The number of hydrogen-bond donors (Lipinski definition) is 1. The fourth-order valence-corrected chi connectivity index (χ4v) is 5.62. The molecule has 3 heterocycles. The zero-order chi connectivity index (χ0) is 24.1. The summed E-state index contributed by atoms with van der Waals surface area (Å²) < 4.78 is 10.2. The van der Waals surface area contributed by atoms with Crippen LogP contribution in [0.25, 0.3) is 0 Å². The van der Waals surface area contributed by atoms with E-state index in [1.165, 1.54) is 22.4 Å². The number of pyridine rings is 1. The van der Waals surface area contributed by atoms with Gasteiger partial charge in [-0.15, -0.1) is 11.3 Å². The zero-order valence-corrected chi connectivity index (χ0v) is 20.4. The number of fused-ring (bicyclic) bond motifs is 1. The Morgan fingerprint density at radius 2 is 1.76 bits per heavy atom. The standard InChI is InChI=1S/C24H30N4O5S/c1-3-32-23(30)16-8-9-19(25-14-16)28-12-10-27(11-13-28)15-20(29)26-22-21(24(31)33-4-2)17-6-5-7-18(17)34-22/h8-9,14H,3-7,10-13,15H2,1-2H3,(H,26,29). The predicted molar refractivity (Wildman–Crippen MR) is 130 cm³/mol. The molecule has 1 aliphatic carbocycles. The van der Waals surface area contributed by atoms with Crippen molar-refractivity contribution < 1.29 is 23.9 Å². The second-order valence-corrected chi connectivity index (χ2v) is 9.32. The second kappa shape index (κ2) is 11.0. The molecule has 10 heteroatoms. The number of thiophene rings is 1. The third kappa shape index (κ3) is 5.39. The highest BCUT2D eigenvalue weighted by atomic mass is 32.1. The Bertz CT molecular complexity index is 1040. The number of rotatable bonds is 8. The Morgan fingerprint density at radius 3 is 2.44 bits per heavy atom. The van der Waals surface area contributed by atoms with E-state index in [-0.39, 0.29) is 24.4 Å². The SMILES string of the molecule is CCOC(=O)c1ccc(N2CCN(CC(=O)Nc3sc4c(c3C(=O)OCC)CCC4)CC2)nc1. The lowest BCUT2D eigenvalue weighted by atomic mass is 10.1. The van der Waals surface area contributed by atoms with E-state index >= 15 is 0 Å². The second-order valence-electron chi connectivity index (χ2n) is 8.22. The largest absolute Gasteiger partial charge is 0.462 e. The molecule has 2 aromatic rings. The van der Waals surface area contributed by atoms with E-state index in [0.717, 1.165) is 43.7 Å². The van der Waals surface area contributed by atoms with Crippen molar-refractivity contribution in [2.45, 2.75) is 33.1 Å². The number of anilines is 2. The number of carbonyl (C=O) groups excluding carboxylic acids is 3. The number of nitrogens with zero attached hydrogens (tertiary/aromatic N) is 3. The van der Waals surface area contributed by atoms with Crippen LogP contribution in [0.15, 0.2) is 18.3 Å². The molecular weight excluding hydrogens is 456 g/mol. The van der Waals surface area contributed by atoms with E-state index in [0.29, 0.717) is 42.4 Å². The van der Waals surface area contributed by atoms with E-state index in [9.17, 15) is 14.4 Å². The molecule has 0 aromatic carbocycles. The number of ether oxygens (including phenoxy) is 2. The fraction of sp³-hybridized carbons (Fsp3) is 0.500. The molecule has 0 unspecified atom stereocenters. The van der Waals surface area contributed by atoms with Gasteiger partial charge in [-0.25, -0.2) is 14.6 Å². The Morgan fingerprint density at radius 1 is 1.03 bits per heavy atom. The molecule has 1 amide bonds. The van der Waals surface area contributed by atoms with Crippen molar-refractivity contribution in [2.75, 3.05) is 56.2 Å². The quantitative estimate of drug-likeness (QED) is 0.569. The number of esters is 2. The highest BCUT2D eigenvalue weighted by Gasteiger charge is 2.29. The average molecular weight is 487 g/mol. The minimum absolute atomic E-state index is 0.129. The number of hydrogen-bond acceptors (Lipinski definition) is 9. The van der Waals surface area contributed by atoms with Crippen LogP contribution < -0.4 is 10.2 Å². The molecule has 2 aliphatic rings. The van der Waals surface area contributed by atoms with Crippen molar-refractivity contribution in [3.05, 3.63) is 39.9 Å². The van der Waals surface area contributed by atoms with Crippen LogP contribution in [0.4, 0.5) is 10.8 Å². The third-order valence-electron chi connectivity index (χ3n) is 5.98. The maximum absolute atomic E-state index is 12.8. The Kier molecular flexibility index (Phi) is 7.79. The summed E-state index contributed by atoms with van der Waals surface area (Å²) in [6, 6.07) is 3.54. The molecule has 2 aromatic heterocycles. The normalized spacial score (nSPS) is 15.6. The molecule has 4 rings (SSSR count). The van der Waals surface area contributed by atoms with Gasteiger partial charge < -0.3 is 19.7 Å². The lowest BCUT2D eigenvalue weighted by Gasteiger charge is -2.35. The number of piperazine rings is 1. The number of carbonyl (C=O) groups is 3. The van der Waals surface area contributed by atoms with Crippen LogP contribution in [0.2, 0.25) is 0 Å². The van der Waals surface area contributed by atoms with Gasteiger partial charge in [-0.2, -0.15) is 0 Å². The van der Waals surface area contributed by atoms with Crippen molar-refractivity contribution in [1.29, 1.82) is 0 Å². The van der Waals surface area contributed by atoms with Crippen LogP contribution in [-0.4, -0.2) is 73.7 Å². The predicted octanol–water partition coefficient (Wildman–Crippen LogP) is 2.75. The molecule has 0 radical (unpaired) electrons. The van der Waals surface area contributed by atoms with E-state index in [2.05, 4.69) is 20.1 Å². The molecule has 1 N–H and O–H groups in total. The van der Waals surface area contributed by atoms with Gasteiger partial charge in [0.2, 0.25) is 5.91 Å². The molecule has 0 bridgehead atoms. The molecule has 34 heavy (non-hydrogen) atoms. The van der Waals surface area contributed by atoms with Crippen LogP contribution in [0, 0.1) is 0 Å². The molecule has 1 fully saturated rings. The minimum atomic E-state index is -0.375. The summed E-state index contributed by atoms with van der Waals surface area (Å²) in [5.41, 5.74) is 2.01. The lowest BCUT2D eigenvalue weighted by molar-refractivity contribution is -0.117. The average Bonchev–Trinajstić information content (AvgIpc) is 3.41. The van der Waals surface area contributed by atoms with Crippen LogP contribution in [-0.2, 0) is 27.1 Å². The van der Waals surface area contributed by atoms with Crippen LogP contribution in [0.5, 0.6) is 0 Å². The maximum Gasteiger partial charge on any atom is 0.341 e. The highest BCUT2D eigenvalue weighted by Crippen LogP contribution is 2.39. The van der Waals surface area contributed by atoms with Crippen molar-refractivity contribution in [3.63, 3.8) is 0 Å². The van der Waals surface area contributed by atoms with Gasteiger partial charge in [-0.1, -0.05) is 0 Å². The number of aryl methyl sites for hydroxylation is 1. The van der Waals surface area contributed by atoms with Gasteiger partial charge in [0, 0.05) is 37.3 Å². The molecule has 9 nitrogen and oxygen atoms in total. The van der Waals surface area contributed by atoms with E-state index in [4.69, 9.17) is 9.47 Å².